The Morgan fingerprint density at radius 2 is 0.803 bits per heavy atom. The van der Waals surface area contributed by atoms with Gasteiger partial charge in [0.1, 0.15) is 11.2 Å². The second-order valence-electron chi connectivity index (χ2n) is 12.9. The van der Waals surface area contributed by atoms with Crippen molar-refractivity contribution in [1.29, 1.82) is 0 Å². The van der Waals surface area contributed by atoms with E-state index < -0.39 is 162 Å². The van der Waals surface area contributed by atoms with Gasteiger partial charge in [-0.1, -0.05) is 12.1 Å². The minimum atomic E-state index is -7.53. The first-order valence-electron chi connectivity index (χ1n) is 16.7. The van der Waals surface area contributed by atoms with Gasteiger partial charge in [0, 0.05) is 5.56 Å². The Morgan fingerprint density at radius 1 is 0.439 bits per heavy atom. The topological polar surface area (TPSA) is 351 Å². The molecule has 0 amide bonds. The van der Waals surface area contributed by atoms with Crippen LogP contribution in [-0.4, -0.2) is 112 Å². The van der Waals surface area contributed by atoms with Crippen LogP contribution in [0.15, 0.2) is 60.7 Å². The molecule has 0 saturated carbocycles. The largest absolute Gasteiger partial charge is 0.480 e. The van der Waals surface area contributed by atoms with Gasteiger partial charge in [0.25, 0.3) is 5.41 Å². The van der Waals surface area contributed by atoms with Crippen molar-refractivity contribution in [1.82, 2.24) is 0 Å². The third-order valence-corrected chi connectivity index (χ3v) is 9.45. The summed E-state index contributed by atoms with van der Waals surface area (Å²) in [5.74, 6) is -45.6. The highest BCUT2D eigenvalue weighted by molar-refractivity contribution is 6.20. The molecule has 4 rings (SSSR count). The third-order valence-electron chi connectivity index (χ3n) is 9.45. The van der Waals surface area contributed by atoms with Crippen molar-refractivity contribution in [3.63, 3.8) is 0 Å². The lowest BCUT2D eigenvalue weighted by Crippen LogP contribution is -2.75. The quantitative estimate of drug-likeness (QED) is 0.0254. The number of halogens is 8. The van der Waals surface area contributed by atoms with Gasteiger partial charge in [-0.25, -0.2) is 46.7 Å². The van der Waals surface area contributed by atoms with Gasteiger partial charge in [-0.15, -0.1) is 0 Å². The van der Waals surface area contributed by atoms with Crippen LogP contribution in [-0.2, 0) is 24.6 Å². The summed E-state index contributed by atoms with van der Waals surface area (Å²) in [6, 6.07) is 1.76. The fourth-order valence-corrected chi connectivity index (χ4v) is 6.62. The summed E-state index contributed by atoms with van der Waals surface area (Å²) in [6.07, 6.45) is -7.53. The summed E-state index contributed by atoms with van der Waals surface area (Å²) < 4.78 is 137. The molecular formula is C38H18F8O20. The molecule has 66 heavy (non-hydrogen) atoms. The monoisotopic (exact) mass is 946 g/mol. The molecule has 0 spiro atoms. The molecule has 20 nitrogen and oxygen atoms in total. The molecule has 28 heteroatoms. The van der Waals surface area contributed by atoms with E-state index in [2.05, 4.69) is 4.74 Å². The number of carbonyl (C=O) groups is 10. The number of ether oxygens (including phenoxy) is 2. The second kappa shape index (κ2) is 17.3. The number of carbonyl (C=O) groups excluding carboxylic acids is 2. The van der Waals surface area contributed by atoms with E-state index in [1.54, 1.807) is 0 Å². The van der Waals surface area contributed by atoms with E-state index in [4.69, 9.17) is 9.84 Å². The highest BCUT2D eigenvalue weighted by atomic mass is 19.4. The minimum absolute atomic E-state index is 0.000346. The first-order valence-corrected chi connectivity index (χ1v) is 16.7. The Morgan fingerprint density at radius 3 is 1.12 bits per heavy atom. The molecule has 346 valence electrons. The zero-order valence-electron chi connectivity index (χ0n) is 31.3. The van der Waals surface area contributed by atoms with E-state index in [0.29, 0.717) is 30.3 Å². The normalized spacial score (nSPS) is 13.3. The summed E-state index contributed by atoms with van der Waals surface area (Å²) in [7, 11) is 0. The Bertz CT molecular complexity index is 2770. The number of aliphatic carboxylic acids is 4. The van der Waals surface area contributed by atoms with Crippen molar-refractivity contribution in [2.45, 2.75) is 17.3 Å². The van der Waals surface area contributed by atoms with Crippen LogP contribution in [0.2, 0.25) is 0 Å². The molecule has 0 saturated heterocycles. The van der Waals surface area contributed by atoms with Crippen LogP contribution in [0.25, 0.3) is 0 Å². The molecule has 4 aromatic carbocycles. The van der Waals surface area contributed by atoms with Gasteiger partial charge in [0.15, 0.2) is 11.6 Å². The van der Waals surface area contributed by atoms with Crippen molar-refractivity contribution >= 4 is 59.7 Å². The fourth-order valence-electron chi connectivity index (χ4n) is 6.62. The first-order chi connectivity index (χ1) is 30.4. The molecule has 0 aromatic heterocycles. The second-order valence-corrected chi connectivity index (χ2v) is 12.9. The van der Waals surface area contributed by atoms with Crippen LogP contribution >= 0.6 is 0 Å². The number of esters is 2. The maximum atomic E-state index is 17.3. The predicted octanol–water partition coefficient (Wildman–Crippen LogP) is 4.36. The maximum Gasteiger partial charge on any atom is 0.434 e. The number of carboxylic acid groups (broad SMARTS) is 8. The Balaban J connectivity index is 2.17. The molecular weight excluding hydrogens is 928 g/mol. The van der Waals surface area contributed by atoms with E-state index in [-0.39, 0.29) is 30.3 Å². The van der Waals surface area contributed by atoms with Gasteiger partial charge in [-0.05, 0) is 54.1 Å². The van der Waals surface area contributed by atoms with Crippen LogP contribution in [0.5, 0.6) is 11.5 Å². The minimum Gasteiger partial charge on any atom is -0.480 e. The van der Waals surface area contributed by atoms with Crippen molar-refractivity contribution < 1.29 is 133 Å². The Hall–Kier alpha value is -8.98. The van der Waals surface area contributed by atoms with Crippen LogP contribution in [0.3, 0.4) is 0 Å². The standard InChI is InChI=1S/C38H18F8O20/c39-20-19(21(40)23(42)24(22(20)41)66-30(56)12-2-8-16(26(49)50)18(10-12)28(53)54)36(37(43,34(63)64)38(44,45)46,35(31(57)58,32(59)60)33(61)62)13-3-5-14(6-4-13)65-29(55)11-1-7-15(25(47)48)17(9-11)27(51)52/h1-10H,(H,47,48)(H,49,50)(H,51,52)(H,53,54)(H,57,58)(H,59,60)(H,61,62)(H,63,64). The summed E-state index contributed by atoms with van der Waals surface area (Å²) in [6.45, 7) is 0. The smallest absolute Gasteiger partial charge is 0.434 e. The molecule has 2 unspecified atom stereocenters. The number of aromatic carboxylic acids is 4. The summed E-state index contributed by atoms with van der Waals surface area (Å²) >= 11 is 0. The molecule has 0 bridgehead atoms. The summed E-state index contributed by atoms with van der Waals surface area (Å²) in [4.78, 5) is 123. The van der Waals surface area contributed by atoms with Gasteiger partial charge in [-0.2, -0.15) is 22.0 Å². The highest BCUT2D eigenvalue weighted by Crippen LogP contribution is 2.63. The molecule has 0 fully saturated rings. The predicted molar refractivity (Wildman–Crippen MR) is 187 cm³/mol. The summed E-state index contributed by atoms with van der Waals surface area (Å²) in [5.41, 5.74) is -31.9. The van der Waals surface area contributed by atoms with Crippen molar-refractivity contribution in [2.24, 2.45) is 5.41 Å². The SMILES string of the molecule is O=C(Oc1ccc(C(c2c(F)c(F)c(OC(=O)c3ccc(C(=O)O)c(C(=O)O)c3)c(F)c2F)(C(C(=O)O)(C(=O)O)C(=O)O)C(F)(C(=O)O)C(F)(F)F)cc1)c1ccc(C(=O)O)c(C(=O)O)c1. The van der Waals surface area contributed by atoms with Crippen LogP contribution in [0.1, 0.15) is 73.3 Å². The molecule has 0 aliphatic carbocycles. The number of alkyl halides is 4. The molecule has 8 N–H and O–H groups in total. The number of hydrogen-bond donors (Lipinski definition) is 8. The number of rotatable bonds is 16. The average molecular weight is 947 g/mol. The molecule has 0 heterocycles. The fraction of sp³-hybridized carbons (Fsp3) is 0.105. The number of hydrogen-bond acceptors (Lipinski definition) is 12. The molecule has 0 radical (unpaired) electrons. The van der Waals surface area contributed by atoms with Crippen molar-refractivity contribution in [3.05, 3.63) is 128 Å². The van der Waals surface area contributed by atoms with Crippen molar-refractivity contribution in [2.75, 3.05) is 0 Å². The van der Waals surface area contributed by atoms with Crippen molar-refractivity contribution in [3.8, 4) is 11.5 Å². The maximum absolute atomic E-state index is 17.3. The van der Waals surface area contributed by atoms with Gasteiger partial charge < -0.3 is 50.3 Å². The van der Waals surface area contributed by atoms with E-state index in [1.807, 2.05) is 0 Å². The lowest BCUT2D eigenvalue weighted by atomic mass is 9.49. The Kier molecular flexibility index (Phi) is 13.0. The molecule has 4 aromatic rings. The van der Waals surface area contributed by atoms with Gasteiger partial charge in [0.05, 0.1) is 33.4 Å². The van der Waals surface area contributed by atoms with E-state index >= 15 is 35.1 Å². The average Bonchev–Trinajstić information content (AvgIpc) is 3.22. The van der Waals surface area contributed by atoms with Crippen LogP contribution < -0.4 is 9.47 Å². The molecule has 2 atom stereocenters. The lowest BCUT2D eigenvalue weighted by Gasteiger charge is -2.49. The number of carboxylic acids is 8. The van der Waals surface area contributed by atoms with Gasteiger partial charge in [-0.3, -0.25) is 14.4 Å². The Labute approximate surface area is 355 Å². The molecule has 0 aliphatic heterocycles. The number of benzene rings is 4. The van der Waals surface area contributed by atoms with Crippen LogP contribution in [0.4, 0.5) is 35.1 Å². The van der Waals surface area contributed by atoms with Crippen LogP contribution in [0, 0.1) is 28.7 Å². The lowest BCUT2D eigenvalue weighted by molar-refractivity contribution is -0.263. The molecule has 0 aliphatic rings. The van der Waals surface area contributed by atoms with E-state index in [0.717, 1.165) is 0 Å². The third kappa shape index (κ3) is 7.53. The van der Waals surface area contributed by atoms with E-state index in [1.165, 1.54) is 0 Å². The van der Waals surface area contributed by atoms with Gasteiger partial charge in [0.2, 0.25) is 17.4 Å². The highest BCUT2D eigenvalue weighted by Gasteiger charge is 2.87. The van der Waals surface area contributed by atoms with Gasteiger partial charge >= 0.3 is 71.5 Å². The zero-order chi connectivity index (χ0) is 50.3. The summed E-state index contributed by atoms with van der Waals surface area (Å²) in [5, 5.41) is 77.4. The van der Waals surface area contributed by atoms with E-state index in [9.17, 15) is 83.7 Å². The first kappa shape index (κ1) is 49.7. The zero-order valence-corrected chi connectivity index (χ0v) is 31.3.